The Bertz CT molecular complexity index is 1550. The number of rotatable bonds is 8. The van der Waals surface area contributed by atoms with Crippen LogP contribution in [0.5, 0.6) is 0 Å². The van der Waals surface area contributed by atoms with Gasteiger partial charge in [-0.2, -0.15) is 0 Å². The van der Waals surface area contributed by atoms with E-state index in [1.807, 2.05) is 6.07 Å². The van der Waals surface area contributed by atoms with Crippen LogP contribution in [0.3, 0.4) is 0 Å². The van der Waals surface area contributed by atoms with Gasteiger partial charge >= 0.3 is 5.97 Å². The van der Waals surface area contributed by atoms with Crippen molar-refractivity contribution in [3.8, 4) is 0 Å². The van der Waals surface area contributed by atoms with Crippen molar-refractivity contribution in [1.82, 2.24) is 19.9 Å². The number of benzene rings is 2. The summed E-state index contributed by atoms with van der Waals surface area (Å²) in [6.07, 6.45) is 0. The highest BCUT2D eigenvalue weighted by molar-refractivity contribution is 6.04. The van der Waals surface area contributed by atoms with Gasteiger partial charge in [0.2, 0.25) is 5.91 Å². The summed E-state index contributed by atoms with van der Waals surface area (Å²) in [5.41, 5.74) is 5.82. The third-order valence-electron chi connectivity index (χ3n) is 5.43. The number of hydrogen-bond donors (Lipinski definition) is 5. The smallest absolute Gasteiger partial charge is 0.341 e. The summed E-state index contributed by atoms with van der Waals surface area (Å²) >= 11 is 0. The number of aromatic nitrogens is 3. The van der Waals surface area contributed by atoms with Gasteiger partial charge in [0, 0.05) is 16.9 Å². The van der Waals surface area contributed by atoms with Crippen molar-refractivity contribution in [2.45, 2.75) is 6.04 Å². The van der Waals surface area contributed by atoms with Gasteiger partial charge in [-0.1, -0.05) is 18.2 Å². The molecule has 0 saturated carbocycles. The molecule has 2 aromatic heterocycles. The second kappa shape index (κ2) is 10.3. The monoisotopic (exact) mass is 501 g/mol. The van der Waals surface area contributed by atoms with Gasteiger partial charge in [-0.3, -0.25) is 19.3 Å². The zero-order valence-electron chi connectivity index (χ0n) is 19.9. The van der Waals surface area contributed by atoms with E-state index in [0.717, 1.165) is 6.07 Å². The Labute approximate surface area is 210 Å². The van der Waals surface area contributed by atoms with Crippen molar-refractivity contribution in [2.24, 2.45) is 5.73 Å². The number of nitrogens with zero attached hydrogens (tertiary/aromatic N) is 3. The van der Waals surface area contributed by atoms with Crippen molar-refractivity contribution in [3.63, 3.8) is 0 Å². The second-order valence-electron chi connectivity index (χ2n) is 8.30. The van der Waals surface area contributed by atoms with E-state index in [2.05, 4.69) is 25.6 Å². The van der Waals surface area contributed by atoms with Gasteiger partial charge < -0.3 is 26.5 Å². The van der Waals surface area contributed by atoms with Gasteiger partial charge in [-0.05, 0) is 56.6 Å². The molecule has 0 saturated heterocycles. The number of primary amides is 1. The lowest BCUT2D eigenvalue weighted by Crippen LogP contribution is -2.34. The Balaban J connectivity index is 1.72. The number of pyridine rings is 1. The average molecular weight is 502 g/mol. The molecule has 0 radical (unpaired) electrons. The molecule has 0 bridgehead atoms. The van der Waals surface area contributed by atoms with Crippen molar-refractivity contribution in [2.75, 3.05) is 24.7 Å². The number of nitrogens with two attached hydrogens (primary N) is 1. The molecule has 2 heterocycles. The van der Waals surface area contributed by atoms with E-state index in [1.54, 1.807) is 62.6 Å². The minimum Gasteiger partial charge on any atom is -0.477 e. The molecule has 0 spiro atoms. The van der Waals surface area contributed by atoms with Gasteiger partial charge in [-0.15, -0.1) is 0 Å². The Hall–Kier alpha value is -5.10. The number of carboxylic acid groups (broad SMARTS) is 1. The normalized spacial score (nSPS) is 11.8. The maximum Gasteiger partial charge on any atom is 0.341 e. The molecule has 37 heavy (non-hydrogen) atoms. The first-order chi connectivity index (χ1) is 17.6. The topological polar surface area (TPSA) is 183 Å². The first-order valence-electron chi connectivity index (χ1n) is 11.0. The molecule has 6 N–H and O–H groups in total. The number of anilines is 3. The highest BCUT2D eigenvalue weighted by atomic mass is 16.4. The third kappa shape index (κ3) is 5.44. The SMILES string of the molecule is CN(C)C(C(N)=O)c1nc(Nc2ccc(NC(=O)c3ccccc3)cc2)c2cc(C(=O)O)c(=O)[nH]c2n1. The average Bonchev–Trinajstić information content (AvgIpc) is 2.84. The lowest BCUT2D eigenvalue weighted by atomic mass is 10.2. The number of carbonyl (C=O) groups excluding carboxylic acids is 2. The molecule has 4 rings (SSSR count). The molecule has 0 fully saturated rings. The van der Waals surface area contributed by atoms with Crippen molar-refractivity contribution in [1.29, 1.82) is 0 Å². The number of carbonyl (C=O) groups is 3. The number of amides is 2. The number of likely N-dealkylation sites (N-methyl/N-ethyl adjacent to an activating group) is 1. The first-order valence-corrected chi connectivity index (χ1v) is 11.0. The predicted molar refractivity (Wildman–Crippen MR) is 137 cm³/mol. The number of hydrogen-bond acceptors (Lipinski definition) is 8. The van der Waals surface area contributed by atoms with E-state index in [0.29, 0.717) is 16.9 Å². The zero-order valence-corrected chi connectivity index (χ0v) is 19.9. The van der Waals surface area contributed by atoms with Crippen LogP contribution in [0, 0.1) is 0 Å². The number of fused-ring (bicyclic) bond motifs is 1. The highest BCUT2D eigenvalue weighted by Gasteiger charge is 2.26. The Morgan fingerprint density at radius 3 is 2.24 bits per heavy atom. The van der Waals surface area contributed by atoms with Crippen LogP contribution in [-0.4, -0.2) is 56.8 Å². The Morgan fingerprint density at radius 1 is 1.00 bits per heavy atom. The van der Waals surface area contributed by atoms with Gasteiger partial charge in [0.25, 0.3) is 11.5 Å². The van der Waals surface area contributed by atoms with Gasteiger partial charge in [0.05, 0.1) is 5.39 Å². The minimum absolute atomic E-state index is 0.0120. The first kappa shape index (κ1) is 25.0. The Kier molecular flexibility index (Phi) is 6.93. The summed E-state index contributed by atoms with van der Waals surface area (Å²) in [7, 11) is 3.24. The molecule has 0 aliphatic rings. The fourth-order valence-electron chi connectivity index (χ4n) is 3.66. The number of carboxylic acids is 1. The molecule has 1 unspecified atom stereocenters. The highest BCUT2D eigenvalue weighted by Crippen LogP contribution is 2.27. The summed E-state index contributed by atoms with van der Waals surface area (Å²) in [5.74, 6) is -2.23. The van der Waals surface area contributed by atoms with E-state index in [1.165, 1.54) is 4.90 Å². The standard InChI is InChI=1S/C25H23N7O5/c1-32(2)18(19(26)33)22-29-20(16-12-17(25(36)37)24(35)31-21(16)30-22)27-14-8-10-15(11-9-14)28-23(34)13-6-4-3-5-7-13/h3-12,18H,1-2H3,(H2,26,33)(H,28,34)(H,36,37)(H2,27,29,30,31,35). The number of aromatic carboxylic acids is 1. The molecule has 1 atom stereocenters. The van der Waals surface area contributed by atoms with Crippen LogP contribution in [0.25, 0.3) is 11.0 Å². The summed E-state index contributed by atoms with van der Waals surface area (Å²) < 4.78 is 0. The third-order valence-corrected chi connectivity index (χ3v) is 5.43. The molecule has 12 heteroatoms. The minimum atomic E-state index is -1.42. The second-order valence-corrected chi connectivity index (χ2v) is 8.30. The van der Waals surface area contributed by atoms with E-state index in [-0.39, 0.29) is 28.6 Å². The Morgan fingerprint density at radius 2 is 1.65 bits per heavy atom. The van der Waals surface area contributed by atoms with E-state index >= 15 is 0 Å². The molecular weight excluding hydrogens is 478 g/mol. The molecule has 12 nitrogen and oxygen atoms in total. The van der Waals surface area contributed by atoms with Crippen LogP contribution in [-0.2, 0) is 4.79 Å². The molecule has 4 aromatic rings. The van der Waals surface area contributed by atoms with Gasteiger partial charge in [0.1, 0.15) is 23.1 Å². The number of H-pyrrole nitrogens is 1. The van der Waals surface area contributed by atoms with Crippen LogP contribution >= 0.6 is 0 Å². The van der Waals surface area contributed by atoms with Crippen molar-refractivity contribution < 1.29 is 19.5 Å². The summed E-state index contributed by atoms with van der Waals surface area (Å²) in [5, 5.41) is 15.5. The van der Waals surface area contributed by atoms with Crippen LogP contribution in [0.4, 0.5) is 17.2 Å². The molecular formula is C25H23N7O5. The maximum atomic E-state index is 12.4. The van der Waals surface area contributed by atoms with Gasteiger partial charge in [0.15, 0.2) is 5.82 Å². The van der Waals surface area contributed by atoms with Crippen LogP contribution in [0.2, 0.25) is 0 Å². The molecule has 188 valence electrons. The quantitative estimate of drug-likeness (QED) is 0.241. The van der Waals surface area contributed by atoms with E-state index in [9.17, 15) is 24.3 Å². The largest absolute Gasteiger partial charge is 0.477 e. The lowest BCUT2D eigenvalue weighted by molar-refractivity contribution is -0.122. The summed E-state index contributed by atoms with van der Waals surface area (Å²) in [6, 6.07) is 15.6. The van der Waals surface area contributed by atoms with E-state index < -0.39 is 29.0 Å². The number of nitrogens with one attached hydrogen (secondary N) is 3. The summed E-state index contributed by atoms with van der Waals surface area (Å²) in [4.78, 5) is 60.9. The molecule has 0 aliphatic carbocycles. The van der Waals surface area contributed by atoms with Crippen LogP contribution < -0.4 is 21.9 Å². The van der Waals surface area contributed by atoms with Crippen LogP contribution in [0.1, 0.15) is 32.6 Å². The fourth-order valence-corrected chi connectivity index (χ4v) is 3.66. The lowest BCUT2D eigenvalue weighted by Gasteiger charge is -2.21. The predicted octanol–water partition coefficient (Wildman–Crippen LogP) is 2.10. The van der Waals surface area contributed by atoms with Crippen molar-refractivity contribution >= 4 is 46.0 Å². The van der Waals surface area contributed by atoms with E-state index in [4.69, 9.17) is 5.73 Å². The molecule has 0 aliphatic heterocycles. The zero-order chi connectivity index (χ0) is 26.7. The van der Waals surface area contributed by atoms with Crippen LogP contribution in [0.15, 0.2) is 65.5 Å². The summed E-state index contributed by atoms with van der Waals surface area (Å²) in [6.45, 7) is 0. The molecule has 2 amide bonds. The van der Waals surface area contributed by atoms with Gasteiger partial charge in [-0.25, -0.2) is 14.8 Å². The maximum absolute atomic E-state index is 12.4. The fraction of sp³-hybridized carbons (Fsp3) is 0.120. The number of aromatic amines is 1. The van der Waals surface area contributed by atoms with Crippen molar-refractivity contribution in [3.05, 3.63) is 88.0 Å². The molecule has 2 aromatic carbocycles.